The zero-order chi connectivity index (χ0) is 18.1. The van der Waals surface area contributed by atoms with Crippen molar-refractivity contribution in [2.75, 3.05) is 0 Å². The standard InChI is InChI=1S/C18H30O3SSi/c1-14(2)23(15(3)4,18(5,6)7)17(22(19,20)21)13-16-11-9-8-10-12-16/h8-15H,1-7H3,(H,19,20,21). The molecule has 0 heterocycles. The lowest BCUT2D eigenvalue weighted by Gasteiger charge is -2.49. The van der Waals surface area contributed by atoms with Crippen molar-refractivity contribution >= 4 is 24.3 Å². The average molecular weight is 355 g/mol. The maximum atomic E-state index is 12.4. The van der Waals surface area contributed by atoms with Gasteiger partial charge in [-0.25, -0.2) is 0 Å². The molecule has 0 aliphatic carbocycles. The summed E-state index contributed by atoms with van der Waals surface area (Å²) in [6, 6.07) is 9.38. The Morgan fingerprint density at radius 1 is 1.04 bits per heavy atom. The van der Waals surface area contributed by atoms with Gasteiger partial charge in [0.15, 0.2) is 0 Å². The van der Waals surface area contributed by atoms with Gasteiger partial charge in [0.05, 0.1) is 4.53 Å². The first-order chi connectivity index (χ1) is 10.3. The minimum absolute atomic E-state index is 0.180. The fraction of sp³-hybridized carbons (Fsp3) is 0.556. The lowest BCUT2D eigenvalue weighted by atomic mass is 10.2. The molecule has 0 radical (unpaired) electrons. The predicted octanol–water partition coefficient (Wildman–Crippen LogP) is 5.52. The first-order valence-corrected chi connectivity index (χ1v) is 11.7. The van der Waals surface area contributed by atoms with E-state index in [0.717, 1.165) is 5.56 Å². The van der Waals surface area contributed by atoms with E-state index in [9.17, 15) is 13.0 Å². The molecule has 0 amide bonds. The van der Waals surface area contributed by atoms with Crippen molar-refractivity contribution in [2.24, 2.45) is 0 Å². The van der Waals surface area contributed by atoms with Crippen LogP contribution in [0.2, 0.25) is 16.1 Å². The Balaban J connectivity index is 3.84. The van der Waals surface area contributed by atoms with E-state index in [1.54, 1.807) is 6.08 Å². The van der Waals surface area contributed by atoms with Gasteiger partial charge in [0, 0.05) is 0 Å². The van der Waals surface area contributed by atoms with E-state index < -0.39 is 18.2 Å². The Morgan fingerprint density at radius 2 is 1.48 bits per heavy atom. The van der Waals surface area contributed by atoms with E-state index in [0.29, 0.717) is 0 Å². The Bertz CT molecular complexity index is 645. The largest absolute Gasteiger partial charge is 0.286 e. The van der Waals surface area contributed by atoms with Crippen LogP contribution < -0.4 is 0 Å². The number of hydrogen-bond donors (Lipinski definition) is 1. The molecule has 0 aromatic heterocycles. The van der Waals surface area contributed by atoms with Crippen molar-refractivity contribution in [3.8, 4) is 0 Å². The van der Waals surface area contributed by atoms with Crippen LogP contribution in [0.25, 0.3) is 6.08 Å². The fourth-order valence-electron chi connectivity index (χ4n) is 4.45. The summed E-state index contributed by atoms with van der Waals surface area (Å²) in [6.07, 6.45) is 1.69. The first kappa shape index (κ1) is 20.1. The second-order valence-corrected chi connectivity index (χ2v) is 15.7. The summed E-state index contributed by atoms with van der Waals surface area (Å²) >= 11 is 0. The van der Waals surface area contributed by atoms with Gasteiger partial charge < -0.3 is 0 Å². The molecule has 3 nitrogen and oxygen atoms in total. The van der Waals surface area contributed by atoms with E-state index in [1.807, 2.05) is 30.3 Å². The van der Waals surface area contributed by atoms with Crippen LogP contribution in [0.3, 0.4) is 0 Å². The molecule has 0 atom stereocenters. The molecule has 5 heteroatoms. The Hall–Kier alpha value is -0.913. The predicted molar refractivity (Wildman–Crippen MR) is 102 cm³/mol. The van der Waals surface area contributed by atoms with Crippen LogP contribution in [-0.2, 0) is 10.1 Å². The molecule has 0 saturated carbocycles. The highest BCUT2D eigenvalue weighted by molar-refractivity contribution is 7.92. The van der Waals surface area contributed by atoms with Gasteiger partial charge >= 0.3 is 0 Å². The van der Waals surface area contributed by atoms with Crippen LogP contribution >= 0.6 is 0 Å². The van der Waals surface area contributed by atoms with Crippen LogP contribution in [-0.4, -0.2) is 21.0 Å². The van der Waals surface area contributed by atoms with E-state index in [2.05, 4.69) is 48.5 Å². The topological polar surface area (TPSA) is 54.4 Å². The van der Waals surface area contributed by atoms with Gasteiger partial charge in [-0.05, 0) is 27.8 Å². The number of hydrogen-bond acceptors (Lipinski definition) is 2. The molecule has 0 spiro atoms. The Morgan fingerprint density at radius 3 is 1.78 bits per heavy atom. The van der Waals surface area contributed by atoms with Crippen LogP contribution in [0.5, 0.6) is 0 Å². The third-order valence-electron chi connectivity index (χ3n) is 4.85. The summed E-state index contributed by atoms with van der Waals surface area (Å²) in [5.74, 6) is 0. The lowest BCUT2D eigenvalue weighted by molar-refractivity contribution is 0.491. The van der Waals surface area contributed by atoms with Gasteiger partial charge in [-0.3, -0.25) is 4.55 Å². The second kappa shape index (κ2) is 6.91. The molecule has 0 saturated heterocycles. The SMILES string of the molecule is CC(C)[Si](C(=Cc1ccccc1)S(=O)(=O)O)(C(C)C)C(C)(C)C. The molecule has 130 valence electrons. The van der Waals surface area contributed by atoms with E-state index in [1.165, 1.54) is 0 Å². The zero-order valence-corrected chi connectivity index (χ0v) is 17.1. The summed E-state index contributed by atoms with van der Waals surface area (Å²) in [6.45, 7) is 14.6. The van der Waals surface area contributed by atoms with Gasteiger partial charge in [0.25, 0.3) is 10.1 Å². The monoisotopic (exact) mass is 354 g/mol. The maximum absolute atomic E-state index is 12.4. The van der Waals surface area contributed by atoms with E-state index >= 15 is 0 Å². The molecule has 0 bridgehead atoms. The van der Waals surface area contributed by atoms with Crippen LogP contribution in [0, 0.1) is 0 Å². The minimum atomic E-state index is -4.27. The zero-order valence-electron chi connectivity index (χ0n) is 15.3. The molecular weight excluding hydrogens is 324 g/mol. The van der Waals surface area contributed by atoms with Crippen molar-refractivity contribution in [3.63, 3.8) is 0 Å². The third-order valence-corrected chi connectivity index (χ3v) is 14.4. The molecule has 23 heavy (non-hydrogen) atoms. The summed E-state index contributed by atoms with van der Waals surface area (Å²) in [5, 5.41) is -0.203. The van der Waals surface area contributed by atoms with Gasteiger partial charge in [0.1, 0.15) is 8.07 Å². The number of rotatable bonds is 5. The van der Waals surface area contributed by atoms with Crippen LogP contribution in [0.4, 0.5) is 0 Å². The molecule has 1 N–H and O–H groups in total. The highest BCUT2D eigenvalue weighted by Crippen LogP contribution is 2.55. The molecule has 0 aliphatic rings. The van der Waals surface area contributed by atoms with E-state index in [4.69, 9.17) is 0 Å². The lowest BCUT2D eigenvalue weighted by Crippen LogP contribution is -2.53. The van der Waals surface area contributed by atoms with Crippen molar-refractivity contribution in [1.29, 1.82) is 0 Å². The third kappa shape index (κ3) is 3.95. The smallest absolute Gasteiger partial charge is 0.282 e. The maximum Gasteiger partial charge on any atom is 0.286 e. The van der Waals surface area contributed by atoms with Gasteiger partial charge in [0.2, 0.25) is 0 Å². The summed E-state index contributed by atoms with van der Waals surface area (Å²) < 4.78 is 35.0. The van der Waals surface area contributed by atoms with Gasteiger partial charge in [-0.1, -0.05) is 78.8 Å². The van der Waals surface area contributed by atoms with Gasteiger partial charge in [-0.2, -0.15) is 8.42 Å². The average Bonchev–Trinajstić information content (AvgIpc) is 2.35. The summed E-state index contributed by atoms with van der Waals surface area (Å²) in [4.78, 5) is 0. The van der Waals surface area contributed by atoms with E-state index in [-0.39, 0.29) is 20.6 Å². The molecular formula is C18H30O3SSi. The van der Waals surface area contributed by atoms with Crippen molar-refractivity contribution in [2.45, 2.75) is 64.6 Å². The van der Waals surface area contributed by atoms with Crippen molar-refractivity contribution in [3.05, 3.63) is 40.4 Å². The first-order valence-electron chi connectivity index (χ1n) is 8.09. The number of benzene rings is 1. The molecule has 0 aliphatic heterocycles. The highest BCUT2D eigenvalue weighted by Gasteiger charge is 2.55. The highest BCUT2D eigenvalue weighted by atomic mass is 32.2. The fourth-order valence-corrected chi connectivity index (χ4v) is 15.9. The molecule has 1 rings (SSSR count). The van der Waals surface area contributed by atoms with Crippen LogP contribution in [0.1, 0.15) is 54.0 Å². The molecule has 1 aromatic carbocycles. The molecule has 0 fully saturated rings. The Labute approximate surface area is 142 Å². The van der Waals surface area contributed by atoms with Crippen molar-refractivity contribution < 1.29 is 13.0 Å². The van der Waals surface area contributed by atoms with Crippen molar-refractivity contribution in [1.82, 2.24) is 0 Å². The Kier molecular flexibility index (Phi) is 6.05. The normalized spacial score (nSPS) is 14.6. The quantitative estimate of drug-likeness (QED) is 0.559. The second-order valence-electron chi connectivity index (χ2n) is 7.82. The molecule has 1 aromatic rings. The minimum Gasteiger partial charge on any atom is -0.282 e. The van der Waals surface area contributed by atoms with Gasteiger partial charge in [-0.15, -0.1) is 0 Å². The van der Waals surface area contributed by atoms with Crippen LogP contribution in [0.15, 0.2) is 34.9 Å². The summed E-state index contributed by atoms with van der Waals surface area (Å²) in [7, 11) is -6.85. The molecule has 0 unspecified atom stereocenters. The summed E-state index contributed by atoms with van der Waals surface area (Å²) in [5.41, 5.74) is 1.17.